The standard InChI is InChI=1S/C27H25ClF3N5O3/c1-26(32)13-27(30,31)36(14-26)22-9-16(12-33-24(22)39-3)19-11-17(29)10-18(23(19)37)15-4-5-21(20(28)8-15)35-7-6-34(2)25(35)38/h4-12,37H,13-14,32H2,1-3H3. The number of hydrogen-bond donors (Lipinski definition) is 2. The first-order chi connectivity index (χ1) is 18.3. The molecule has 8 nitrogen and oxygen atoms in total. The summed E-state index contributed by atoms with van der Waals surface area (Å²) >= 11 is 6.47. The Balaban J connectivity index is 1.60. The number of nitrogens with zero attached hydrogens (tertiary/aromatic N) is 4. The zero-order valence-electron chi connectivity index (χ0n) is 21.3. The van der Waals surface area contributed by atoms with Crippen LogP contribution >= 0.6 is 11.6 Å². The number of rotatable bonds is 5. The van der Waals surface area contributed by atoms with Gasteiger partial charge < -0.3 is 25.0 Å². The van der Waals surface area contributed by atoms with E-state index in [9.17, 15) is 23.1 Å². The molecule has 1 saturated heterocycles. The third-order valence-corrected chi connectivity index (χ3v) is 7.00. The molecule has 1 atom stereocenters. The van der Waals surface area contributed by atoms with Crippen LogP contribution in [0.25, 0.3) is 27.9 Å². The fraction of sp³-hybridized carbons (Fsp3) is 0.259. The van der Waals surface area contributed by atoms with Gasteiger partial charge in [0.2, 0.25) is 5.88 Å². The van der Waals surface area contributed by atoms with Gasteiger partial charge in [0.25, 0.3) is 0 Å². The maximum Gasteiger partial charge on any atom is 0.332 e. The number of nitrogens with two attached hydrogens (primary N) is 1. The highest BCUT2D eigenvalue weighted by Gasteiger charge is 2.52. The molecule has 2 aromatic heterocycles. The summed E-state index contributed by atoms with van der Waals surface area (Å²) in [4.78, 5) is 17.3. The van der Waals surface area contributed by atoms with E-state index in [1.807, 2.05) is 0 Å². The van der Waals surface area contributed by atoms with Crippen LogP contribution in [0.15, 0.2) is 59.8 Å². The topological polar surface area (TPSA) is 98.5 Å². The molecule has 4 aromatic rings. The molecular weight excluding hydrogens is 535 g/mol. The molecule has 1 unspecified atom stereocenters. The van der Waals surface area contributed by atoms with E-state index in [1.165, 1.54) is 41.5 Å². The average Bonchev–Trinajstić information content (AvgIpc) is 3.32. The third kappa shape index (κ3) is 4.72. The second-order valence-corrected chi connectivity index (χ2v) is 10.3. The normalized spacial score (nSPS) is 18.5. The van der Waals surface area contributed by atoms with Crippen molar-refractivity contribution in [3.63, 3.8) is 0 Å². The van der Waals surface area contributed by atoms with Gasteiger partial charge >= 0.3 is 11.7 Å². The number of alkyl halides is 2. The summed E-state index contributed by atoms with van der Waals surface area (Å²) in [6.07, 6.45) is 3.87. The molecule has 3 heterocycles. The number of aromatic nitrogens is 3. The van der Waals surface area contributed by atoms with E-state index in [0.29, 0.717) is 11.3 Å². The number of ether oxygens (including phenoxy) is 1. The molecule has 0 spiro atoms. The van der Waals surface area contributed by atoms with Crippen molar-refractivity contribution in [1.82, 2.24) is 14.1 Å². The van der Waals surface area contributed by atoms with E-state index in [1.54, 1.807) is 31.6 Å². The van der Waals surface area contributed by atoms with Crippen molar-refractivity contribution >= 4 is 17.3 Å². The first kappa shape index (κ1) is 26.6. The van der Waals surface area contributed by atoms with E-state index in [4.69, 9.17) is 22.1 Å². The minimum absolute atomic E-state index is 0.0268. The Morgan fingerprint density at radius 1 is 1.10 bits per heavy atom. The van der Waals surface area contributed by atoms with E-state index in [-0.39, 0.29) is 51.3 Å². The van der Waals surface area contributed by atoms with Gasteiger partial charge in [0.1, 0.15) is 17.3 Å². The SMILES string of the molecule is COc1ncc(-c2cc(F)cc(-c3ccc(-n4ccn(C)c4=O)c(Cl)c3)c2O)cc1N1CC(C)(N)CC1(F)F. The molecule has 0 saturated carbocycles. The van der Waals surface area contributed by atoms with Crippen molar-refractivity contribution in [2.75, 3.05) is 18.6 Å². The van der Waals surface area contributed by atoms with Gasteiger partial charge in [-0.05, 0) is 42.8 Å². The molecule has 39 heavy (non-hydrogen) atoms. The summed E-state index contributed by atoms with van der Waals surface area (Å²) in [6, 6.07) is 4.97. The Bertz CT molecular complexity index is 1650. The Hall–Kier alpha value is -3.96. The second kappa shape index (κ2) is 9.35. The number of methoxy groups -OCH3 is 1. The maximum absolute atomic E-state index is 14.9. The number of hydrogen-bond acceptors (Lipinski definition) is 6. The summed E-state index contributed by atoms with van der Waals surface area (Å²) in [5.41, 5.74) is 5.61. The van der Waals surface area contributed by atoms with Gasteiger partial charge in [-0.1, -0.05) is 17.7 Å². The Morgan fingerprint density at radius 2 is 1.79 bits per heavy atom. The number of phenolic OH excluding ortho intramolecular Hbond substituents is 1. The fourth-order valence-corrected chi connectivity index (χ4v) is 5.14. The number of pyridine rings is 1. The molecule has 0 radical (unpaired) electrons. The molecule has 12 heteroatoms. The predicted octanol–water partition coefficient (Wildman–Crippen LogP) is 4.93. The van der Waals surface area contributed by atoms with Gasteiger partial charge in [0.05, 0.1) is 24.2 Å². The number of aromatic hydroxyl groups is 1. The highest BCUT2D eigenvalue weighted by atomic mass is 35.5. The Morgan fingerprint density at radius 3 is 2.36 bits per heavy atom. The first-order valence-electron chi connectivity index (χ1n) is 11.9. The predicted molar refractivity (Wildman–Crippen MR) is 142 cm³/mol. The lowest BCUT2D eigenvalue weighted by Crippen LogP contribution is -2.39. The number of aryl methyl sites for hydroxylation is 1. The van der Waals surface area contributed by atoms with Gasteiger partial charge in [-0.25, -0.2) is 14.2 Å². The van der Waals surface area contributed by atoms with Gasteiger partial charge in [-0.15, -0.1) is 0 Å². The van der Waals surface area contributed by atoms with Gasteiger partial charge in [0.15, 0.2) is 0 Å². The Labute approximate surface area is 226 Å². The minimum atomic E-state index is -3.27. The van der Waals surface area contributed by atoms with Crippen LogP contribution < -0.4 is 21.1 Å². The van der Waals surface area contributed by atoms with Crippen molar-refractivity contribution in [2.45, 2.75) is 24.9 Å². The molecule has 2 aromatic carbocycles. The molecule has 5 rings (SSSR count). The molecule has 0 aliphatic carbocycles. The lowest BCUT2D eigenvalue weighted by molar-refractivity contribution is 0.00667. The lowest BCUT2D eigenvalue weighted by Gasteiger charge is -2.27. The van der Waals surface area contributed by atoms with Crippen molar-refractivity contribution in [3.05, 3.63) is 76.3 Å². The van der Waals surface area contributed by atoms with Crippen LogP contribution in [0.3, 0.4) is 0 Å². The second-order valence-electron chi connectivity index (χ2n) is 9.91. The quantitative estimate of drug-likeness (QED) is 0.336. The molecule has 1 aliphatic heterocycles. The zero-order chi connectivity index (χ0) is 28.3. The molecular formula is C27H25ClF3N5O3. The number of halogens is 4. The maximum atomic E-state index is 14.9. The van der Waals surface area contributed by atoms with E-state index < -0.39 is 23.8 Å². The van der Waals surface area contributed by atoms with Crippen molar-refractivity contribution in [1.29, 1.82) is 0 Å². The summed E-state index contributed by atoms with van der Waals surface area (Å²) in [7, 11) is 2.91. The highest BCUT2D eigenvalue weighted by molar-refractivity contribution is 6.32. The first-order valence-corrected chi connectivity index (χ1v) is 12.2. The van der Waals surface area contributed by atoms with Crippen LogP contribution in [0, 0.1) is 5.82 Å². The zero-order valence-corrected chi connectivity index (χ0v) is 22.0. The molecule has 204 valence electrons. The van der Waals surface area contributed by atoms with Gasteiger partial charge in [-0.3, -0.25) is 4.57 Å². The average molecular weight is 560 g/mol. The minimum Gasteiger partial charge on any atom is -0.507 e. The molecule has 0 amide bonds. The highest BCUT2D eigenvalue weighted by Crippen LogP contribution is 2.46. The van der Waals surface area contributed by atoms with Crippen LogP contribution in [0.5, 0.6) is 11.6 Å². The van der Waals surface area contributed by atoms with Gasteiger partial charge in [-0.2, -0.15) is 8.78 Å². The van der Waals surface area contributed by atoms with Crippen LogP contribution in [0.1, 0.15) is 13.3 Å². The van der Waals surface area contributed by atoms with Crippen molar-refractivity contribution in [3.8, 4) is 39.6 Å². The largest absolute Gasteiger partial charge is 0.507 e. The summed E-state index contributed by atoms with van der Waals surface area (Å²) in [6.45, 7) is 1.36. The molecule has 0 bridgehead atoms. The summed E-state index contributed by atoms with van der Waals surface area (Å²) in [5.74, 6) is -1.06. The monoisotopic (exact) mass is 559 g/mol. The van der Waals surface area contributed by atoms with E-state index in [2.05, 4.69) is 4.98 Å². The van der Waals surface area contributed by atoms with Gasteiger partial charge in [0, 0.05) is 54.4 Å². The van der Waals surface area contributed by atoms with Crippen LogP contribution in [0.4, 0.5) is 18.9 Å². The van der Waals surface area contributed by atoms with E-state index in [0.717, 1.165) is 17.0 Å². The van der Waals surface area contributed by atoms with E-state index >= 15 is 0 Å². The number of benzene rings is 2. The smallest absolute Gasteiger partial charge is 0.332 e. The summed E-state index contributed by atoms with van der Waals surface area (Å²) < 4.78 is 52.6. The number of anilines is 1. The molecule has 1 aliphatic rings. The van der Waals surface area contributed by atoms with Crippen molar-refractivity contribution < 1.29 is 23.0 Å². The number of imidazole rings is 1. The number of phenols is 1. The van der Waals surface area contributed by atoms with Crippen LogP contribution in [0.2, 0.25) is 5.02 Å². The lowest BCUT2D eigenvalue weighted by atomic mass is 9.97. The third-order valence-electron chi connectivity index (χ3n) is 6.70. The van der Waals surface area contributed by atoms with Crippen LogP contribution in [-0.4, -0.2) is 44.5 Å². The molecule has 1 fully saturated rings. The fourth-order valence-electron chi connectivity index (χ4n) is 4.87. The summed E-state index contributed by atoms with van der Waals surface area (Å²) in [5, 5.41) is 11.4. The molecule has 3 N–H and O–H groups in total. The van der Waals surface area contributed by atoms with Crippen molar-refractivity contribution in [2.24, 2.45) is 12.8 Å². The van der Waals surface area contributed by atoms with Crippen LogP contribution in [-0.2, 0) is 7.05 Å². The Kier molecular flexibility index (Phi) is 6.39.